The Bertz CT molecular complexity index is 3280. The maximum absolute atomic E-state index is 15.4. The molecule has 14 amide bonds. The van der Waals surface area contributed by atoms with Crippen LogP contribution in [0.25, 0.3) is 0 Å². The number of carbonyl (C=O) groups is 18. The Morgan fingerprint density at radius 2 is 1.07 bits per heavy atom. The van der Waals surface area contributed by atoms with Gasteiger partial charge in [0.1, 0.15) is 54.4 Å². The van der Waals surface area contributed by atoms with E-state index in [1.54, 1.807) is 0 Å². The number of hydrogen-bond donors (Lipinski definition) is 17. The molecular formula is C67H101N15O22. The third-order valence-corrected chi connectivity index (χ3v) is 17.7. The molecule has 1 aromatic rings. The summed E-state index contributed by atoms with van der Waals surface area (Å²) in [5, 5.41) is 67.9. The minimum Gasteiger partial charge on any atom is -0.481 e. The van der Waals surface area contributed by atoms with Crippen LogP contribution < -0.4 is 69.5 Å². The van der Waals surface area contributed by atoms with Crippen LogP contribution >= 0.6 is 0 Å². The van der Waals surface area contributed by atoms with Crippen molar-refractivity contribution in [2.24, 2.45) is 17.6 Å². The maximum Gasteiger partial charge on any atom is 0.308 e. The number of carbonyl (C=O) groups excluding carboxylic acids is 14. The van der Waals surface area contributed by atoms with E-state index in [1.807, 2.05) is 16.0 Å². The Morgan fingerprint density at radius 1 is 0.548 bits per heavy atom. The number of nitrogens with zero attached hydrogens (tertiary/aromatic N) is 2. The molecule has 0 radical (unpaired) electrons. The van der Waals surface area contributed by atoms with Gasteiger partial charge in [-0.3, -0.25) is 86.3 Å². The molecule has 3 aliphatic heterocycles. The number of piperidine rings is 1. The summed E-state index contributed by atoms with van der Waals surface area (Å²) in [5.74, 6) is -24.6. The maximum atomic E-state index is 15.4. The van der Waals surface area contributed by atoms with Gasteiger partial charge in [0.25, 0.3) is 5.91 Å². The third kappa shape index (κ3) is 27.8. The normalized spacial score (nSPS) is 23.3. The Morgan fingerprint density at radius 3 is 1.62 bits per heavy atom. The van der Waals surface area contributed by atoms with Crippen molar-refractivity contribution < 1.29 is 107 Å². The van der Waals surface area contributed by atoms with Crippen molar-refractivity contribution in [1.29, 1.82) is 0 Å². The number of anilines is 1. The van der Waals surface area contributed by atoms with Gasteiger partial charge in [-0.1, -0.05) is 72.1 Å². The fourth-order valence-electron chi connectivity index (χ4n) is 11.9. The molecule has 12 atom stereocenters. The fourth-order valence-corrected chi connectivity index (χ4v) is 11.9. The van der Waals surface area contributed by atoms with E-state index in [-0.39, 0.29) is 76.1 Å². The highest BCUT2D eigenvalue weighted by atomic mass is 16.4. The molecule has 3 saturated heterocycles. The van der Waals surface area contributed by atoms with Crippen molar-refractivity contribution in [3.63, 3.8) is 0 Å². The van der Waals surface area contributed by atoms with Gasteiger partial charge in [0.15, 0.2) is 0 Å². The molecule has 1 aromatic carbocycles. The predicted molar refractivity (Wildman–Crippen MR) is 367 cm³/mol. The number of benzene rings is 1. The number of nitrogens with one attached hydrogen (secondary N) is 12. The summed E-state index contributed by atoms with van der Waals surface area (Å²) in [7, 11) is 0. The highest BCUT2D eigenvalue weighted by Crippen LogP contribution is 2.24. The highest BCUT2D eigenvalue weighted by Gasteiger charge is 2.45. The van der Waals surface area contributed by atoms with Crippen LogP contribution in [0.3, 0.4) is 0 Å². The second-order valence-electron chi connectivity index (χ2n) is 26.4. The molecular weight excluding hydrogens is 1370 g/mol. The number of hydrogen-bond acceptors (Lipinski definition) is 19. The first kappa shape index (κ1) is 86.0. The lowest BCUT2D eigenvalue weighted by Gasteiger charge is -2.39. The summed E-state index contributed by atoms with van der Waals surface area (Å²) in [5.41, 5.74) is 5.79. The van der Waals surface area contributed by atoms with Crippen LogP contribution in [-0.2, 0) is 81.5 Å². The summed E-state index contributed by atoms with van der Waals surface area (Å²) in [6.07, 6.45) is 6.20. The van der Waals surface area contributed by atoms with Crippen molar-refractivity contribution in [2.45, 2.75) is 230 Å². The van der Waals surface area contributed by atoms with Crippen LogP contribution in [-0.4, -0.2) is 236 Å². The largest absolute Gasteiger partial charge is 0.481 e. The summed E-state index contributed by atoms with van der Waals surface area (Å²) in [6, 6.07) is -14.1. The molecule has 37 heteroatoms. The zero-order valence-electron chi connectivity index (χ0n) is 59.4. The first-order chi connectivity index (χ1) is 49.2. The van der Waals surface area contributed by atoms with Crippen LogP contribution in [0.15, 0.2) is 24.3 Å². The van der Waals surface area contributed by atoms with Crippen LogP contribution in [0, 0.1) is 11.8 Å². The van der Waals surface area contributed by atoms with Crippen LogP contribution in [0.2, 0.25) is 0 Å². The van der Waals surface area contributed by atoms with Gasteiger partial charge in [-0.05, 0) is 89.5 Å². The van der Waals surface area contributed by atoms with Crippen molar-refractivity contribution in [3.05, 3.63) is 29.8 Å². The highest BCUT2D eigenvalue weighted by molar-refractivity contribution is 6.03. The van der Waals surface area contributed by atoms with Gasteiger partial charge in [0.05, 0.1) is 50.4 Å². The molecule has 0 saturated carbocycles. The first-order valence-electron chi connectivity index (χ1n) is 35.0. The van der Waals surface area contributed by atoms with E-state index in [0.29, 0.717) is 12.1 Å². The van der Waals surface area contributed by atoms with E-state index in [9.17, 15) is 102 Å². The van der Waals surface area contributed by atoms with E-state index >= 15 is 4.79 Å². The van der Waals surface area contributed by atoms with Gasteiger partial charge < -0.3 is 99.8 Å². The zero-order valence-corrected chi connectivity index (χ0v) is 59.4. The lowest BCUT2D eigenvalue weighted by atomic mass is 9.96. The number of amides is 14. The number of fused-ring (bicyclic) bond motifs is 2. The summed E-state index contributed by atoms with van der Waals surface area (Å²) in [6.45, 7) is 5.96. The fraction of sp³-hybridized carbons (Fsp3) is 0.642. The van der Waals surface area contributed by atoms with Crippen molar-refractivity contribution >= 4 is 112 Å². The number of nitrogens with two attached hydrogens (primary N) is 1. The second kappa shape index (κ2) is 42.9. The van der Waals surface area contributed by atoms with E-state index in [1.165, 1.54) is 71.2 Å². The van der Waals surface area contributed by atoms with Crippen LogP contribution in [0.1, 0.15) is 174 Å². The van der Waals surface area contributed by atoms with Crippen molar-refractivity contribution in [2.75, 3.05) is 38.0 Å². The second-order valence-corrected chi connectivity index (χ2v) is 26.4. The molecule has 3 heterocycles. The lowest BCUT2D eigenvalue weighted by Crippen LogP contribution is -2.66. The SMILES string of the molecule is CCCCCCCCCCCC(=O)Nc1ccc(C(=O)NC(CC(=O)O)C(=O)NC2C(=O)N3CCCCC3C(=O)NC(C(C)C(=O)O)C(=O)NC(CC(=O)O)C(=O)NCC(=O)NC(CC(=O)O)C(=O)NCC(=O)NC(C(C)NC(=O)CCN)C(=O)NC(C(C)C)C(=O)N3CCCC3C(=O)NC2C)cc1. The van der Waals surface area contributed by atoms with E-state index < -0.39 is 211 Å². The molecule has 0 aromatic heterocycles. The Kier molecular flexibility index (Phi) is 35.5. The standard InChI is InChI=1S/C67H101N15O22/c1-7-8-9-10-11-12-13-14-15-21-46(83)73-40-24-22-39(23-25-40)57(93)75-43(32-52(91)92)60(96)80-56-38(6)72-61(97)45-20-18-29-82(45)65(101)53(35(2)3)78-64(100)55(37(5)71-47(84)26-27-68)77-49(86)34-70-58(94)41(30-50(87)88)74-48(85)33-69-59(95)42(31-51(89)90)76-63(99)54(36(4)67(103)104)79-62(98)44-19-16-17-28-81(44)66(56)102/h22-25,35-38,41-45,53-56H,7-21,26-34,68H2,1-6H3,(H,69,95)(H,70,94)(H,71,84)(H,72,97)(H,73,83)(H,74,85)(H,75,93)(H,76,99)(H,77,86)(H,78,100)(H,79,98)(H,80,96)(H,87,88)(H,89,90)(H,91,92)(H,103,104). The molecule has 18 N–H and O–H groups in total. The minimum absolute atomic E-state index is 0.0430. The Hall–Kier alpha value is -10.4. The first-order valence-corrected chi connectivity index (χ1v) is 35.0. The Labute approximate surface area is 600 Å². The van der Waals surface area contributed by atoms with Crippen molar-refractivity contribution in [1.82, 2.24) is 68.3 Å². The van der Waals surface area contributed by atoms with E-state index in [0.717, 1.165) is 48.8 Å². The zero-order chi connectivity index (χ0) is 77.5. The van der Waals surface area contributed by atoms with Gasteiger partial charge >= 0.3 is 23.9 Å². The number of carboxylic acid groups (broad SMARTS) is 4. The predicted octanol–water partition coefficient (Wildman–Crippen LogP) is -2.67. The lowest BCUT2D eigenvalue weighted by molar-refractivity contribution is -0.150. The van der Waals surface area contributed by atoms with E-state index in [2.05, 4.69) is 54.8 Å². The number of rotatable bonds is 28. The van der Waals surface area contributed by atoms with Gasteiger partial charge in [0.2, 0.25) is 76.8 Å². The number of carboxylic acids is 4. The molecule has 37 nitrogen and oxygen atoms in total. The minimum atomic E-state index is -2.19. The van der Waals surface area contributed by atoms with Gasteiger partial charge in [-0.25, -0.2) is 0 Å². The number of unbranched alkanes of at least 4 members (excludes halogenated alkanes) is 8. The van der Waals surface area contributed by atoms with Crippen LogP contribution in [0.5, 0.6) is 0 Å². The smallest absolute Gasteiger partial charge is 0.308 e. The van der Waals surface area contributed by atoms with E-state index in [4.69, 9.17) is 5.73 Å². The molecule has 0 aliphatic carbocycles. The summed E-state index contributed by atoms with van der Waals surface area (Å²) < 4.78 is 0. The monoisotopic (exact) mass is 1470 g/mol. The summed E-state index contributed by atoms with van der Waals surface area (Å²) in [4.78, 5) is 248. The molecule has 3 aliphatic rings. The molecule has 0 bridgehead atoms. The quantitative estimate of drug-likeness (QED) is 0.0381. The number of aliphatic carboxylic acids is 4. The van der Waals surface area contributed by atoms with Gasteiger partial charge in [-0.15, -0.1) is 0 Å². The van der Waals surface area contributed by atoms with Gasteiger partial charge in [0, 0.05) is 43.7 Å². The topological polar surface area (TPSA) is 565 Å². The molecule has 3 fully saturated rings. The molecule has 576 valence electrons. The molecule has 0 spiro atoms. The molecule has 4 rings (SSSR count). The molecule has 104 heavy (non-hydrogen) atoms. The average Bonchev–Trinajstić information content (AvgIpc) is 1.06. The average molecular weight is 1470 g/mol. The molecule has 12 unspecified atom stereocenters. The van der Waals surface area contributed by atoms with Crippen molar-refractivity contribution in [3.8, 4) is 0 Å². The van der Waals surface area contributed by atoms with Gasteiger partial charge in [-0.2, -0.15) is 0 Å². The summed E-state index contributed by atoms with van der Waals surface area (Å²) >= 11 is 0. The Balaban J connectivity index is 1.80. The third-order valence-electron chi connectivity index (χ3n) is 17.7. The van der Waals surface area contributed by atoms with Crippen LogP contribution in [0.4, 0.5) is 5.69 Å².